The molecule has 0 spiro atoms. The van der Waals surface area contributed by atoms with Crippen molar-refractivity contribution in [2.75, 3.05) is 0 Å². The summed E-state index contributed by atoms with van der Waals surface area (Å²) in [6.45, 7) is 1.48. The molecule has 0 saturated heterocycles. The van der Waals surface area contributed by atoms with Crippen LogP contribution in [-0.4, -0.2) is 25.2 Å². The van der Waals surface area contributed by atoms with Crippen molar-refractivity contribution in [1.82, 2.24) is 24.6 Å². The van der Waals surface area contributed by atoms with Gasteiger partial charge in [-0.25, -0.2) is 18.4 Å². The molecule has 0 aliphatic rings. The first-order valence-electron chi connectivity index (χ1n) is 9.66. The molecule has 1 N–H and O–H groups in total. The largest absolute Gasteiger partial charge is 0.352 e. The van der Waals surface area contributed by atoms with Crippen molar-refractivity contribution in [3.05, 3.63) is 88.1 Å². The highest BCUT2D eigenvalue weighted by atomic mass is 19.1. The first-order valence-corrected chi connectivity index (χ1v) is 9.66. The van der Waals surface area contributed by atoms with Crippen LogP contribution in [0.25, 0.3) is 16.7 Å². The second-order valence-electron chi connectivity index (χ2n) is 6.97. The monoisotopic (exact) mass is 423 g/mol. The summed E-state index contributed by atoms with van der Waals surface area (Å²) in [5.41, 5.74) is 0.698. The summed E-state index contributed by atoms with van der Waals surface area (Å²) in [6, 6.07) is 12.8. The van der Waals surface area contributed by atoms with Crippen LogP contribution in [0.1, 0.15) is 17.8 Å². The highest BCUT2D eigenvalue weighted by Gasteiger charge is 2.15. The molecule has 31 heavy (non-hydrogen) atoms. The summed E-state index contributed by atoms with van der Waals surface area (Å²) >= 11 is 0. The molecule has 0 saturated carbocycles. The first-order chi connectivity index (χ1) is 15.0. The Morgan fingerprint density at radius 1 is 1.06 bits per heavy atom. The maximum atomic E-state index is 13.7. The number of para-hydroxylation sites is 1. The van der Waals surface area contributed by atoms with Gasteiger partial charge in [0.25, 0.3) is 5.56 Å². The van der Waals surface area contributed by atoms with Crippen LogP contribution < -0.4 is 10.9 Å². The third-order valence-corrected chi connectivity index (χ3v) is 4.96. The molecule has 2 heterocycles. The number of rotatable bonds is 6. The van der Waals surface area contributed by atoms with Crippen LogP contribution in [0.4, 0.5) is 8.78 Å². The van der Waals surface area contributed by atoms with Gasteiger partial charge in [-0.3, -0.25) is 14.2 Å². The van der Waals surface area contributed by atoms with E-state index in [0.717, 1.165) is 17.8 Å². The third kappa shape index (κ3) is 4.07. The van der Waals surface area contributed by atoms with Crippen molar-refractivity contribution in [2.24, 2.45) is 0 Å². The standard InChI is InChI=1S/C22H19F2N5O2/c1-14-27-21-17(13-26-29(21)15-6-3-2-4-7-15)22(31)28(14)11-10-20(30)25-12-16-18(23)8-5-9-19(16)24/h2-9,13H,10-12H2,1H3,(H,25,30). The topological polar surface area (TPSA) is 81.8 Å². The fourth-order valence-electron chi connectivity index (χ4n) is 3.32. The lowest BCUT2D eigenvalue weighted by Gasteiger charge is -2.11. The average molecular weight is 423 g/mol. The number of halogens is 2. The van der Waals surface area contributed by atoms with Gasteiger partial charge in [-0.2, -0.15) is 5.10 Å². The summed E-state index contributed by atoms with van der Waals surface area (Å²) in [5.74, 6) is -1.45. The zero-order valence-electron chi connectivity index (χ0n) is 16.7. The van der Waals surface area contributed by atoms with Gasteiger partial charge in [0.2, 0.25) is 5.91 Å². The number of hydrogen-bond donors (Lipinski definition) is 1. The number of benzene rings is 2. The molecule has 0 fully saturated rings. The van der Waals surface area contributed by atoms with Gasteiger partial charge in [0.15, 0.2) is 5.65 Å². The Morgan fingerprint density at radius 3 is 2.48 bits per heavy atom. The Balaban J connectivity index is 1.50. The number of carbonyl (C=O) groups excluding carboxylic acids is 1. The minimum Gasteiger partial charge on any atom is -0.352 e. The van der Waals surface area contributed by atoms with Crippen LogP contribution in [0.15, 0.2) is 59.5 Å². The Labute approximate surface area is 176 Å². The van der Waals surface area contributed by atoms with E-state index in [1.165, 1.54) is 16.8 Å². The second kappa shape index (κ2) is 8.47. The second-order valence-corrected chi connectivity index (χ2v) is 6.97. The van der Waals surface area contributed by atoms with Gasteiger partial charge in [-0.15, -0.1) is 0 Å². The fourth-order valence-corrected chi connectivity index (χ4v) is 3.32. The first kappa shape index (κ1) is 20.4. The van der Waals surface area contributed by atoms with Crippen molar-refractivity contribution in [1.29, 1.82) is 0 Å². The van der Waals surface area contributed by atoms with Crippen molar-refractivity contribution >= 4 is 16.9 Å². The quantitative estimate of drug-likeness (QED) is 0.517. The lowest BCUT2D eigenvalue weighted by molar-refractivity contribution is -0.121. The number of hydrogen-bond acceptors (Lipinski definition) is 4. The molecular formula is C22H19F2N5O2. The van der Waals surface area contributed by atoms with Gasteiger partial charge < -0.3 is 5.32 Å². The molecular weight excluding hydrogens is 404 g/mol. The van der Waals surface area contributed by atoms with Crippen LogP contribution in [-0.2, 0) is 17.9 Å². The molecule has 4 aromatic rings. The predicted octanol–water partition coefficient (Wildman–Crippen LogP) is 2.88. The van der Waals surface area contributed by atoms with Crippen molar-refractivity contribution in [3.63, 3.8) is 0 Å². The Kier molecular flexibility index (Phi) is 5.57. The van der Waals surface area contributed by atoms with Crippen LogP contribution in [0.3, 0.4) is 0 Å². The highest BCUT2D eigenvalue weighted by Crippen LogP contribution is 2.15. The van der Waals surface area contributed by atoms with E-state index in [9.17, 15) is 18.4 Å². The molecule has 7 nitrogen and oxygen atoms in total. The highest BCUT2D eigenvalue weighted by molar-refractivity contribution is 5.76. The molecule has 0 unspecified atom stereocenters. The number of nitrogens with zero attached hydrogens (tertiary/aromatic N) is 4. The zero-order chi connectivity index (χ0) is 22.0. The minimum atomic E-state index is -0.725. The van der Waals surface area contributed by atoms with Gasteiger partial charge in [0, 0.05) is 25.1 Å². The van der Waals surface area contributed by atoms with Gasteiger partial charge >= 0.3 is 0 Å². The molecule has 0 radical (unpaired) electrons. The van der Waals surface area contributed by atoms with Gasteiger partial charge in [0.1, 0.15) is 22.8 Å². The molecule has 0 atom stereocenters. The smallest absolute Gasteiger partial charge is 0.264 e. The van der Waals surface area contributed by atoms with Crippen molar-refractivity contribution in [2.45, 2.75) is 26.4 Å². The van der Waals surface area contributed by atoms with Gasteiger partial charge in [-0.1, -0.05) is 24.3 Å². The molecule has 9 heteroatoms. The van der Waals surface area contributed by atoms with Crippen LogP contribution in [0, 0.1) is 18.6 Å². The summed E-state index contributed by atoms with van der Waals surface area (Å²) in [5, 5.41) is 7.09. The Hall–Kier alpha value is -3.88. The molecule has 2 aromatic carbocycles. The molecule has 1 amide bonds. The molecule has 158 valence electrons. The fraction of sp³-hybridized carbons (Fsp3) is 0.182. The maximum absolute atomic E-state index is 13.7. The van der Waals surface area contributed by atoms with E-state index in [2.05, 4.69) is 15.4 Å². The van der Waals surface area contributed by atoms with E-state index in [-0.39, 0.29) is 30.6 Å². The molecule has 0 aliphatic heterocycles. The number of aromatic nitrogens is 4. The normalized spacial score (nSPS) is 11.1. The van der Waals surface area contributed by atoms with Gasteiger partial charge in [0.05, 0.1) is 11.9 Å². The molecule has 4 rings (SSSR count). The van der Waals surface area contributed by atoms with Crippen LogP contribution in [0.2, 0.25) is 0 Å². The molecule has 0 aliphatic carbocycles. The van der Waals surface area contributed by atoms with E-state index < -0.39 is 17.5 Å². The molecule has 0 bridgehead atoms. The van der Waals surface area contributed by atoms with E-state index in [1.54, 1.807) is 11.6 Å². The van der Waals surface area contributed by atoms with E-state index in [4.69, 9.17) is 0 Å². The number of nitrogens with one attached hydrogen (secondary N) is 1. The summed E-state index contributed by atoms with van der Waals surface area (Å²) in [7, 11) is 0. The number of aryl methyl sites for hydroxylation is 1. The van der Waals surface area contributed by atoms with E-state index in [1.807, 2.05) is 30.3 Å². The summed E-state index contributed by atoms with van der Waals surface area (Å²) in [6.07, 6.45) is 1.41. The minimum absolute atomic E-state index is 0.0448. The number of fused-ring (bicyclic) bond motifs is 1. The van der Waals surface area contributed by atoms with Crippen molar-refractivity contribution < 1.29 is 13.6 Å². The average Bonchev–Trinajstić information content (AvgIpc) is 3.17. The third-order valence-electron chi connectivity index (χ3n) is 4.96. The Bertz CT molecular complexity index is 1290. The molecule has 2 aromatic heterocycles. The van der Waals surface area contributed by atoms with E-state index >= 15 is 0 Å². The van der Waals surface area contributed by atoms with Crippen LogP contribution >= 0.6 is 0 Å². The van der Waals surface area contributed by atoms with Gasteiger partial charge in [-0.05, 0) is 31.2 Å². The SMILES string of the molecule is Cc1nc2c(cnn2-c2ccccc2)c(=O)n1CCC(=O)NCc1c(F)cccc1F. The lowest BCUT2D eigenvalue weighted by Crippen LogP contribution is -2.29. The Morgan fingerprint density at radius 2 is 1.77 bits per heavy atom. The maximum Gasteiger partial charge on any atom is 0.264 e. The van der Waals surface area contributed by atoms with Crippen molar-refractivity contribution in [3.8, 4) is 5.69 Å². The predicted molar refractivity (Wildman–Crippen MR) is 111 cm³/mol. The number of carbonyl (C=O) groups is 1. The zero-order valence-corrected chi connectivity index (χ0v) is 16.7. The number of amides is 1. The van der Waals surface area contributed by atoms with E-state index in [0.29, 0.717) is 16.9 Å². The summed E-state index contributed by atoms with van der Waals surface area (Å²) < 4.78 is 30.3. The summed E-state index contributed by atoms with van der Waals surface area (Å²) in [4.78, 5) is 29.6. The lowest BCUT2D eigenvalue weighted by atomic mass is 10.2. The van der Waals surface area contributed by atoms with Crippen LogP contribution in [0.5, 0.6) is 0 Å².